The highest BCUT2D eigenvalue weighted by Crippen LogP contribution is 2.38. The Morgan fingerprint density at radius 3 is 2.73 bits per heavy atom. The molecule has 7 heteroatoms. The van der Waals surface area contributed by atoms with Crippen molar-refractivity contribution >= 4 is 41.5 Å². The Hall–Kier alpha value is -0.890. The highest BCUT2D eigenvalue weighted by Gasteiger charge is 2.16. The zero-order valence-electron chi connectivity index (χ0n) is 12.9. The van der Waals surface area contributed by atoms with E-state index in [4.69, 9.17) is 21.1 Å². The molecule has 0 fully saturated rings. The van der Waals surface area contributed by atoms with Crippen molar-refractivity contribution in [3.63, 3.8) is 0 Å². The van der Waals surface area contributed by atoms with Crippen LogP contribution < -0.4 is 20.1 Å². The second-order valence-electron chi connectivity index (χ2n) is 4.72. The summed E-state index contributed by atoms with van der Waals surface area (Å²) in [6.07, 6.45) is 1.06. The SMILES string of the molecule is CCCNC(=NCc1cc(Cl)c2c(c1)OCCO2)NCC.I. The number of hydrogen-bond donors (Lipinski definition) is 2. The van der Waals surface area contributed by atoms with Crippen molar-refractivity contribution in [3.8, 4) is 11.5 Å². The molecule has 0 unspecified atom stereocenters. The molecule has 2 rings (SSSR count). The zero-order chi connectivity index (χ0) is 15.1. The zero-order valence-corrected chi connectivity index (χ0v) is 16.0. The maximum atomic E-state index is 6.22. The number of aliphatic imine (C=N–C) groups is 1. The summed E-state index contributed by atoms with van der Waals surface area (Å²) in [6, 6.07) is 3.81. The van der Waals surface area contributed by atoms with E-state index in [1.165, 1.54) is 0 Å². The predicted octanol–water partition coefficient (Wildman–Crippen LogP) is 3.19. The Balaban J connectivity index is 0.00000242. The second-order valence-corrected chi connectivity index (χ2v) is 5.13. The molecular weight excluding hydrogens is 417 g/mol. The van der Waals surface area contributed by atoms with Crippen molar-refractivity contribution in [1.82, 2.24) is 10.6 Å². The van der Waals surface area contributed by atoms with Gasteiger partial charge in [-0.3, -0.25) is 0 Å². The molecule has 124 valence electrons. The molecular formula is C15H23ClIN3O2. The lowest BCUT2D eigenvalue weighted by atomic mass is 10.2. The first-order valence-corrected chi connectivity index (χ1v) is 7.72. The Morgan fingerprint density at radius 2 is 2.00 bits per heavy atom. The van der Waals surface area contributed by atoms with Crippen LogP contribution in [0.3, 0.4) is 0 Å². The van der Waals surface area contributed by atoms with Gasteiger partial charge in [0.25, 0.3) is 0 Å². The summed E-state index contributed by atoms with van der Waals surface area (Å²) >= 11 is 6.22. The third kappa shape index (κ3) is 5.39. The first-order valence-electron chi connectivity index (χ1n) is 7.34. The molecule has 0 spiro atoms. The smallest absolute Gasteiger partial charge is 0.191 e. The van der Waals surface area contributed by atoms with Crippen LogP contribution in [0.15, 0.2) is 17.1 Å². The number of nitrogens with one attached hydrogen (secondary N) is 2. The minimum Gasteiger partial charge on any atom is -0.486 e. The van der Waals surface area contributed by atoms with E-state index in [2.05, 4.69) is 22.5 Å². The van der Waals surface area contributed by atoms with Gasteiger partial charge in [-0.25, -0.2) is 4.99 Å². The monoisotopic (exact) mass is 439 g/mol. The van der Waals surface area contributed by atoms with Crippen molar-refractivity contribution in [2.45, 2.75) is 26.8 Å². The fraction of sp³-hybridized carbons (Fsp3) is 0.533. The Kier molecular flexibility index (Phi) is 8.70. The van der Waals surface area contributed by atoms with Gasteiger partial charge in [0.05, 0.1) is 11.6 Å². The van der Waals surface area contributed by atoms with Crippen molar-refractivity contribution in [1.29, 1.82) is 0 Å². The van der Waals surface area contributed by atoms with Gasteiger partial charge in [-0.15, -0.1) is 24.0 Å². The lowest BCUT2D eigenvalue weighted by molar-refractivity contribution is 0.171. The summed E-state index contributed by atoms with van der Waals surface area (Å²) in [6.45, 7) is 7.52. The summed E-state index contributed by atoms with van der Waals surface area (Å²) in [5.74, 6) is 2.14. The molecule has 0 bridgehead atoms. The van der Waals surface area contributed by atoms with Crippen LogP contribution >= 0.6 is 35.6 Å². The molecule has 22 heavy (non-hydrogen) atoms. The molecule has 0 amide bonds. The largest absolute Gasteiger partial charge is 0.486 e. The van der Waals surface area contributed by atoms with Gasteiger partial charge in [-0.05, 0) is 31.0 Å². The summed E-state index contributed by atoms with van der Waals surface area (Å²) < 4.78 is 11.1. The van der Waals surface area contributed by atoms with Gasteiger partial charge in [-0.2, -0.15) is 0 Å². The molecule has 0 aromatic heterocycles. The summed E-state index contributed by atoms with van der Waals surface area (Å²) in [4.78, 5) is 4.55. The minimum atomic E-state index is 0. The van der Waals surface area contributed by atoms with Crippen LogP contribution in [0.1, 0.15) is 25.8 Å². The van der Waals surface area contributed by atoms with E-state index in [0.717, 1.165) is 31.0 Å². The van der Waals surface area contributed by atoms with Gasteiger partial charge in [0.15, 0.2) is 17.5 Å². The van der Waals surface area contributed by atoms with E-state index in [0.29, 0.717) is 36.3 Å². The van der Waals surface area contributed by atoms with Crippen LogP contribution in [0.2, 0.25) is 5.02 Å². The molecule has 0 atom stereocenters. The Bertz CT molecular complexity index is 512. The lowest BCUT2D eigenvalue weighted by Crippen LogP contribution is -2.37. The first kappa shape index (κ1) is 19.2. The van der Waals surface area contributed by atoms with Gasteiger partial charge >= 0.3 is 0 Å². The minimum absolute atomic E-state index is 0. The highest BCUT2D eigenvalue weighted by molar-refractivity contribution is 14.0. The number of halogens is 2. The average Bonchev–Trinajstić information content (AvgIpc) is 2.50. The first-order chi connectivity index (χ1) is 10.2. The molecule has 0 saturated heterocycles. The normalized spacial score (nSPS) is 13.3. The fourth-order valence-corrected chi connectivity index (χ4v) is 2.30. The Labute approximate surface area is 153 Å². The number of guanidine groups is 1. The average molecular weight is 440 g/mol. The number of ether oxygens (including phenoxy) is 2. The van der Waals surface area contributed by atoms with Crippen LogP contribution in [0.25, 0.3) is 0 Å². The van der Waals surface area contributed by atoms with Gasteiger partial charge in [0.1, 0.15) is 13.2 Å². The highest BCUT2D eigenvalue weighted by atomic mass is 127. The van der Waals surface area contributed by atoms with E-state index < -0.39 is 0 Å². The van der Waals surface area contributed by atoms with Crippen LogP contribution in [0, 0.1) is 0 Å². The third-order valence-corrected chi connectivity index (χ3v) is 3.24. The van der Waals surface area contributed by atoms with Gasteiger partial charge < -0.3 is 20.1 Å². The number of nitrogens with zero attached hydrogens (tertiary/aromatic N) is 1. The standard InChI is InChI=1S/C15H22ClN3O2.HI/c1-3-5-18-15(17-4-2)19-10-11-8-12(16)14-13(9-11)20-6-7-21-14;/h8-9H,3-7,10H2,1-2H3,(H2,17,18,19);1H. The topological polar surface area (TPSA) is 54.9 Å². The number of benzene rings is 1. The van der Waals surface area contributed by atoms with Crippen LogP contribution in [-0.2, 0) is 6.54 Å². The van der Waals surface area contributed by atoms with Gasteiger partial charge in [0.2, 0.25) is 0 Å². The number of fused-ring (bicyclic) bond motifs is 1. The van der Waals surface area contributed by atoms with E-state index in [1.807, 2.05) is 19.1 Å². The predicted molar refractivity (Wildman–Crippen MR) is 101 cm³/mol. The molecule has 0 saturated carbocycles. The van der Waals surface area contributed by atoms with E-state index >= 15 is 0 Å². The van der Waals surface area contributed by atoms with E-state index in [9.17, 15) is 0 Å². The molecule has 0 radical (unpaired) electrons. The molecule has 1 aromatic rings. The molecule has 2 N–H and O–H groups in total. The lowest BCUT2D eigenvalue weighted by Gasteiger charge is -2.20. The number of hydrogen-bond acceptors (Lipinski definition) is 3. The maximum Gasteiger partial charge on any atom is 0.191 e. The second kappa shape index (κ2) is 9.99. The maximum absolute atomic E-state index is 6.22. The van der Waals surface area contributed by atoms with Gasteiger partial charge in [-0.1, -0.05) is 18.5 Å². The van der Waals surface area contributed by atoms with Crippen molar-refractivity contribution < 1.29 is 9.47 Å². The molecule has 5 nitrogen and oxygen atoms in total. The molecule has 1 aliphatic rings. The summed E-state index contributed by atoms with van der Waals surface area (Å²) in [5, 5.41) is 7.06. The number of rotatable bonds is 5. The molecule has 1 aromatic carbocycles. The van der Waals surface area contributed by atoms with Crippen LogP contribution in [-0.4, -0.2) is 32.3 Å². The van der Waals surface area contributed by atoms with Crippen molar-refractivity contribution in [3.05, 3.63) is 22.7 Å². The van der Waals surface area contributed by atoms with Crippen LogP contribution in [0.5, 0.6) is 11.5 Å². The molecule has 1 aliphatic heterocycles. The van der Waals surface area contributed by atoms with Gasteiger partial charge in [0, 0.05) is 13.1 Å². The third-order valence-electron chi connectivity index (χ3n) is 2.96. The molecule has 0 aliphatic carbocycles. The van der Waals surface area contributed by atoms with Crippen molar-refractivity contribution in [2.75, 3.05) is 26.3 Å². The summed E-state index contributed by atoms with van der Waals surface area (Å²) in [7, 11) is 0. The van der Waals surface area contributed by atoms with E-state index in [1.54, 1.807) is 0 Å². The van der Waals surface area contributed by atoms with Crippen molar-refractivity contribution in [2.24, 2.45) is 4.99 Å². The van der Waals surface area contributed by atoms with E-state index in [-0.39, 0.29) is 24.0 Å². The Morgan fingerprint density at radius 1 is 1.23 bits per heavy atom. The molecule has 1 heterocycles. The summed E-state index contributed by atoms with van der Waals surface area (Å²) in [5.41, 5.74) is 0.998. The van der Waals surface area contributed by atoms with Crippen LogP contribution in [0.4, 0.5) is 0 Å². The quantitative estimate of drug-likeness (QED) is 0.420. The fourth-order valence-electron chi connectivity index (χ4n) is 2.01.